The molecular formula is C84H105N15O7. The lowest BCUT2D eigenvalue weighted by molar-refractivity contribution is -0.128. The first-order valence-electron chi connectivity index (χ1n) is 37.2. The van der Waals surface area contributed by atoms with Gasteiger partial charge in [-0.05, 0) is 126 Å². The van der Waals surface area contributed by atoms with E-state index in [0.717, 1.165) is 128 Å². The van der Waals surface area contributed by atoms with Gasteiger partial charge in [-0.15, -0.1) is 0 Å². The molecule has 0 spiro atoms. The van der Waals surface area contributed by atoms with Crippen molar-refractivity contribution >= 4 is 24.6 Å². The first-order valence-corrected chi connectivity index (χ1v) is 37.2. The van der Waals surface area contributed by atoms with E-state index < -0.39 is 23.7 Å². The molecule has 106 heavy (non-hydrogen) atoms. The van der Waals surface area contributed by atoms with Crippen molar-refractivity contribution in [3.63, 3.8) is 0 Å². The van der Waals surface area contributed by atoms with Gasteiger partial charge in [0.2, 0.25) is 0 Å². The van der Waals surface area contributed by atoms with E-state index in [9.17, 15) is 19.2 Å². The number of alkyl carbamates (subject to hydrolysis) is 1. The number of rotatable bonds is 23. The minimum Gasteiger partial charge on any atom is -0.468 e. The number of piperidine rings is 3. The smallest absolute Gasteiger partial charge is 0.410 e. The summed E-state index contributed by atoms with van der Waals surface area (Å²) in [5.41, 5.74) is 15.6. The number of likely N-dealkylation sites (tertiary alicyclic amines) is 1. The molecule has 558 valence electrons. The summed E-state index contributed by atoms with van der Waals surface area (Å²) in [4.78, 5) is 74.5. The van der Waals surface area contributed by atoms with Gasteiger partial charge in [0.25, 0.3) is 12.4 Å². The fourth-order valence-electron chi connectivity index (χ4n) is 13.3. The summed E-state index contributed by atoms with van der Waals surface area (Å²) in [6.07, 6.45) is 25.4. The SMILES string of the molecule is CC(C)(C)OC(=O)NC(c1nc(-c2cnccn2)cn1Cc1ccccc1)C(C)(C)C.Cc1nc(-c2ccc(CCOC=O)cc2)cn1CCC1CCNCC1.NC(=O)COC(=O)N1CCC(Cn2cnc(-c3ccccc3)c2)CC1.c1ccc(Cc2nc(-c3ccccc3)cn2CC2CCCCN2)cc1. The topological polar surface area (TPSA) is 258 Å². The fraction of sp³-hybridized carbons (Fsp3) is 0.405. The Hall–Kier alpha value is -10.6. The van der Waals surface area contributed by atoms with E-state index in [-0.39, 0.29) is 18.1 Å². The monoisotopic (exact) mass is 1440 g/mol. The van der Waals surface area contributed by atoms with E-state index in [4.69, 9.17) is 34.9 Å². The number of carbonyl (C=O) groups excluding carboxylic acids is 4. The molecular weight excluding hydrogens is 1330 g/mol. The van der Waals surface area contributed by atoms with Gasteiger partial charge in [0.05, 0.1) is 42.3 Å². The number of primary amides is 1. The number of aryl methyl sites for hydroxylation is 2. The number of nitrogens with one attached hydrogen (secondary N) is 3. The summed E-state index contributed by atoms with van der Waals surface area (Å²) in [5, 5.41) is 10.1. The second kappa shape index (κ2) is 39.0. The lowest BCUT2D eigenvalue weighted by Crippen LogP contribution is -2.41. The number of nitrogens with zero attached hydrogens (tertiary/aromatic N) is 11. The van der Waals surface area contributed by atoms with E-state index in [1.165, 1.54) is 49.7 Å². The zero-order valence-corrected chi connectivity index (χ0v) is 62.6. The summed E-state index contributed by atoms with van der Waals surface area (Å²) in [7, 11) is 0. The molecule has 8 heterocycles. The highest BCUT2D eigenvalue weighted by molar-refractivity contribution is 5.78. The lowest BCUT2D eigenvalue weighted by Gasteiger charge is -2.32. The molecule has 3 aliphatic rings. The summed E-state index contributed by atoms with van der Waals surface area (Å²) < 4.78 is 23.9. The average Bonchev–Trinajstić information content (AvgIpc) is 1.63. The van der Waals surface area contributed by atoms with Crippen LogP contribution in [-0.2, 0) is 62.8 Å². The van der Waals surface area contributed by atoms with E-state index in [1.54, 1.807) is 23.5 Å². The molecule has 3 fully saturated rings. The van der Waals surface area contributed by atoms with Crippen molar-refractivity contribution in [3.05, 3.63) is 229 Å². The van der Waals surface area contributed by atoms with Gasteiger partial charge in [0, 0.05) is 112 Å². The van der Waals surface area contributed by atoms with Crippen LogP contribution >= 0.6 is 0 Å². The number of benzene rings is 5. The average molecular weight is 1440 g/mol. The molecule has 3 saturated heterocycles. The summed E-state index contributed by atoms with van der Waals surface area (Å²) >= 11 is 0. The first kappa shape index (κ1) is 78.0. The number of amides is 3. The predicted molar refractivity (Wildman–Crippen MR) is 414 cm³/mol. The third kappa shape index (κ3) is 24.5. The van der Waals surface area contributed by atoms with Crippen LogP contribution in [0, 0.1) is 24.2 Å². The molecule has 0 aliphatic carbocycles. The maximum Gasteiger partial charge on any atom is 0.410 e. The molecule has 13 rings (SSSR count). The fourth-order valence-corrected chi connectivity index (χ4v) is 13.3. The number of hydrogen-bond acceptors (Lipinski definition) is 15. The second-order valence-corrected chi connectivity index (χ2v) is 29.5. The summed E-state index contributed by atoms with van der Waals surface area (Å²) in [6, 6.07) is 49.9. The van der Waals surface area contributed by atoms with Gasteiger partial charge in [0.15, 0.2) is 6.61 Å². The molecule has 2 unspecified atom stereocenters. The second-order valence-electron chi connectivity index (χ2n) is 29.5. The molecule has 5 aromatic heterocycles. The van der Waals surface area contributed by atoms with Crippen LogP contribution in [0.1, 0.15) is 133 Å². The van der Waals surface area contributed by atoms with Gasteiger partial charge in [-0.2, -0.15) is 0 Å². The Morgan fingerprint density at radius 2 is 1.26 bits per heavy atom. The normalized spacial score (nSPS) is 15.1. The number of carbonyl (C=O) groups is 4. The van der Waals surface area contributed by atoms with Crippen molar-refractivity contribution in [3.8, 4) is 45.2 Å². The van der Waals surface area contributed by atoms with Gasteiger partial charge in [-0.25, -0.2) is 29.5 Å². The van der Waals surface area contributed by atoms with Crippen molar-refractivity contribution in [1.82, 2.24) is 69.0 Å². The Bertz CT molecular complexity index is 4280. The third-order valence-corrected chi connectivity index (χ3v) is 19.0. The maximum absolute atomic E-state index is 12.6. The highest BCUT2D eigenvalue weighted by Gasteiger charge is 2.34. The van der Waals surface area contributed by atoms with Crippen LogP contribution in [-0.4, -0.2) is 135 Å². The van der Waals surface area contributed by atoms with Gasteiger partial charge in [-0.3, -0.25) is 19.6 Å². The molecule has 5 aromatic carbocycles. The minimum atomic E-state index is -0.641. The zero-order chi connectivity index (χ0) is 74.7. The molecule has 22 heteroatoms. The highest BCUT2D eigenvalue weighted by atomic mass is 16.6. The Kier molecular flexibility index (Phi) is 28.7. The summed E-state index contributed by atoms with van der Waals surface area (Å²) in [5.74, 6) is 3.64. The highest BCUT2D eigenvalue weighted by Crippen LogP contribution is 2.35. The van der Waals surface area contributed by atoms with Crippen LogP contribution in [0.4, 0.5) is 9.59 Å². The number of aromatic nitrogens is 10. The molecule has 0 bridgehead atoms. The number of nitrogens with two attached hydrogens (primary N) is 1. The minimum absolute atomic E-state index is 0.309. The maximum atomic E-state index is 12.6. The Morgan fingerprint density at radius 3 is 1.89 bits per heavy atom. The number of ether oxygens (including phenoxy) is 3. The lowest BCUT2D eigenvalue weighted by atomic mass is 9.86. The largest absolute Gasteiger partial charge is 0.468 e. The van der Waals surface area contributed by atoms with Crippen molar-refractivity contribution in [2.24, 2.45) is 23.0 Å². The molecule has 10 aromatic rings. The van der Waals surface area contributed by atoms with E-state index in [2.05, 4.69) is 193 Å². The molecule has 3 amide bonds. The molecule has 0 saturated carbocycles. The zero-order valence-electron chi connectivity index (χ0n) is 62.6. The van der Waals surface area contributed by atoms with Crippen molar-refractivity contribution < 1.29 is 33.4 Å². The number of imidazole rings is 4. The Morgan fingerprint density at radius 1 is 0.632 bits per heavy atom. The Labute approximate surface area is 624 Å². The van der Waals surface area contributed by atoms with E-state index in [0.29, 0.717) is 56.1 Å². The van der Waals surface area contributed by atoms with Crippen molar-refractivity contribution in [2.75, 3.05) is 45.9 Å². The van der Waals surface area contributed by atoms with Crippen LogP contribution in [0.2, 0.25) is 0 Å². The predicted octanol–water partition coefficient (Wildman–Crippen LogP) is 14.1. The van der Waals surface area contributed by atoms with Gasteiger partial charge in [-0.1, -0.05) is 173 Å². The van der Waals surface area contributed by atoms with Gasteiger partial charge < -0.3 is 59.1 Å². The Balaban J connectivity index is 0.000000152. The molecule has 3 aliphatic heterocycles. The van der Waals surface area contributed by atoms with Crippen LogP contribution in [0.15, 0.2) is 195 Å². The first-order chi connectivity index (χ1) is 51.3. The van der Waals surface area contributed by atoms with Crippen molar-refractivity contribution in [2.45, 2.75) is 157 Å². The van der Waals surface area contributed by atoms with Crippen molar-refractivity contribution in [1.29, 1.82) is 0 Å². The van der Waals surface area contributed by atoms with Crippen LogP contribution in [0.5, 0.6) is 0 Å². The van der Waals surface area contributed by atoms with Gasteiger partial charge in [0.1, 0.15) is 34.5 Å². The van der Waals surface area contributed by atoms with Crippen LogP contribution in [0.3, 0.4) is 0 Å². The molecule has 2 atom stereocenters. The van der Waals surface area contributed by atoms with Crippen LogP contribution < -0.4 is 21.7 Å². The molecule has 22 nitrogen and oxygen atoms in total. The van der Waals surface area contributed by atoms with Gasteiger partial charge >= 0.3 is 12.2 Å². The molecule has 5 N–H and O–H groups in total. The summed E-state index contributed by atoms with van der Waals surface area (Å²) in [6.45, 7) is 22.6. The standard InChI is InChI=1S/C24H31N5O2.C22H25N3.C20H27N3O2.C18H22N4O3/c1-23(2,3)20(28-22(30)31-24(4,5)6)21-27-19(18-14-25-12-13-26-18)16-29(21)15-17-10-8-7-9-11-17;1-3-9-18(10-4-1)15-22-24-21(19-11-5-2-6-12-19)17-25(22)16-20-13-7-8-14-23-20;1-16-22-20(14-23(16)12-8-18-6-10-21-11-7-18)19-4-2-17(3-5-19)9-13-25-15-24;19-17(23)12-25-18(24)22-8-6-14(7-9-22)10-21-11-16(20-13-21)15-4-2-1-3-5-15/h7-14,16,20H,15H2,1-6H3,(H,28,30);1-6,9-12,17,20,23H,7-8,13-16H2;2-5,14-15,18,21H,6-13H2,1H3;1-5,11,13-14H,6-10,12H2,(H2,19,23). The molecule has 0 radical (unpaired) electrons. The third-order valence-electron chi connectivity index (χ3n) is 19.0. The quantitative estimate of drug-likeness (QED) is 0.0264. The van der Waals surface area contributed by atoms with E-state index >= 15 is 0 Å². The van der Waals surface area contributed by atoms with E-state index in [1.807, 2.05) is 81.8 Å². The number of hydrogen-bond donors (Lipinski definition) is 4. The van der Waals surface area contributed by atoms with Crippen LogP contribution in [0.25, 0.3) is 45.2 Å².